The summed E-state index contributed by atoms with van der Waals surface area (Å²) in [5.41, 5.74) is 0.293. The lowest BCUT2D eigenvalue weighted by Crippen LogP contribution is -2.35. The highest BCUT2D eigenvalue weighted by molar-refractivity contribution is 7.20. The Labute approximate surface area is 136 Å². The van der Waals surface area contributed by atoms with Crippen molar-refractivity contribution in [3.05, 3.63) is 39.8 Å². The van der Waals surface area contributed by atoms with Gasteiger partial charge in [0.25, 0.3) is 11.5 Å². The van der Waals surface area contributed by atoms with E-state index in [1.807, 2.05) is 0 Å². The number of hydrogen-bond donors (Lipinski definition) is 1. The van der Waals surface area contributed by atoms with Crippen molar-refractivity contribution >= 4 is 33.4 Å². The van der Waals surface area contributed by atoms with Crippen LogP contribution in [-0.2, 0) is 16.6 Å². The number of esters is 1. The van der Waals surface area contributed by atoms with Crippen molar-refractivity contribution in [2.45, 2.75) is 20.0 Å². The summed E-state index contributed by atoms with van der Waals surface area (Å²) in [5.74, 6) is -1.06. The zero-order chi connectivity index (χ0) is 17.1. The van der Waals surface area contributed by atoms with Gasteiger partial charge in [-0.3, -0.25) is 9.59 Å². The molecule has 0 aliphatic heterocycles. The van der Waals surface area contributed by atoms with Crippen molar-refractivity contribution in [2.24, 2.45) is 7.05 Å². The zero-order valence-corrected chi connectivity index (χ0v) is 13.9. The van der Waals surface area contributed by atoms with Crippen LogP contribution in [0.2, 0.25) is 0 Å². The maximum absolute atomic E-state index is 12.3. The van der Waals surface area contributed by atoms with Crippen LogP contribution in [0, 0.1) is 6.92 Å². The van der Waals surface area contributed by atoms with Crippen LogP contribution in [0.5, 0.6) is 0 Å². The van der Waals surface area contributed by atoms with Gasteiger partial charge in [0, 0.05) is 13.6 Å². The molecule has 0 aliphatic rings. The van der Waals surface area contributed by atoms with Gasteiger partial charge < -0.3 is 14.6 Å². The summed E-state index contributed by atoms with van der Waals surface area (Å²) in [6.07, 6.45) is 1.99. The number of aromatic nitrogens is 2. The van der Waals surface area contributed by atoms with Gasteiger partial charge in [-0.25, -0.2) is 9.78 Å². The molecule has 1 amide bonds. The van der Waals surface area contributed by atoms with Crippen molar-refractivity contribution in [3.8, 4) is 0 Å². The van der Waals surface area contributed by atoms with Gasteiger partial charge in [-0.15, -0.1) is 17.9 Å². The minimum atomic E-state index is -0.942. The second-order valence-electron chi connectivity index (χ2n) is 4.98. The third kappa shape index (κ3) is 3.31. The van der Waals surface area contributed by atoms with Crippen molar-refractivity contribution in [1.29, 1.82) is 0 Å². The number of aryl methyl sites for hydroxylation is 2. The molecule has 0 bridgehead atoms. The summed E-state index contributed by atoms with van der Waals surface area (Å²) in [7, 11) is 1.59. The Morgan fingerprint density at radius 3 is 2.91 bits per heavy atom. The van der Waals surface area contributed by atoms with E-state index in [9.17, 15) is 14.4 Å². The molecule has 0 fully saturated rings. The lowest BCUT2D eigenvalue weighted by atomic mass is 10.2. The number of amides is 1. The number of carbonyl (C=O) groups is 2. The van der Waals surface area contributed by atoms with E-state index in [4.69, 9.17) is 4.74 Å². The predicted molar refractivity (Wildman–Crippen MR) is 87.7 cm³/mol. The molecule has 8 heteroatoms. The maximum atomic E-state index is 12.3. The third-order valence-corrected chi connectivity index (χ3v) is 4.45. The van der Waals surface area contributed by atoms with E-state index in [1.54, 1.807) is 14.0 Å². The standard InChI is InChI=1S/C15H17N3O4S/c1-5-6-16-12(19)9(3)22-15(21)11-8(2)10-13(23-11)17-7-18(4)14(10)20/h5,7,9H,1,6H2,2-4H3,(H,16,19). The van der Waals surface area contributed by atoms with Gasteiger partial charge >= 0.3 is 5.97 Å². The molecule has 0 spiro atoms. The second kappa shape index (κ2) is 6.74. The second-order valence-corrected chi connectivity index (χ2v) is 5.98. The van der Waals surface area contributed by atoms with Crippen LogP contribution < -0.4 is 10.9 Å². The molecule has 0 radical (unpaired) electrons. The molecular formula is C15H17N3O4S. The fourth-order valence-corrected chi connectivity index (χ4v) is 3.01. The Hall–Kier alpha value is -2.48. The molecular weight excluding hydrogens is 318 g/mol. The highest BCUT2D eigenvalue weighted by Crippen LogP contribution is 2.27. The molecule has 122 valence electrons. The zero-order valence-electron chi connectivity index (χ0n) is 13.1. The van der Waals surface area contributed by atoms with Gasteiger partial charge in [-0.2, -0.15) is 0 Å². The molecule has 2 aromatic heterocycles. The number of fused-ring (bicyclic) bond motifs is 1. The van der Waals surface area contributed by atoms with Crippen molar-refractivity contribution in [1.82, 2.24) is 14.9 Å². The van der Waals surface area contributed by atoms with Gasteiger partial charge in [-0.05, 0) is 19.4 Å². The summed E-state index contributed by atoms with van der Waals surface area (Å²) in [5, 5.41) is 2.95. The molecule has 1 atom stereocenters. The van der Waals surface area contributed by atoms with Crippen LogP contribution in [0.3, 0.4) is 0 Å². The lowest BCUT2D eigenvalue weighted by Gasteiger charge is -2.12. The number of carbonyl (C=O) groups excluding carboxylic acids is 2. The molecule has 0 aliphatic carbocycles. The molecule has 23 heavy (non-hydrogen) atoms. The van der Waals surface area contributed by atoms with Gasteiger partial charge in [-0.1, -0.05) is 6.08 Å². The SMILES string of the molecule is C=CCNC(=O)C(C)OC(=O)c1sc2ncn(C)c(=O)c2c1C. The number of hydrogen-bond acceptors (Lipinski definition) is 6. The molecule has 0 saturated carbocycles. The Morgan fingerprint density at radius 1 is 1.57 bits per heavy atom. The summed E-state index contributed by atoms with van der Waals surface area (Å²) in [6.45, 7) is 6.94. The van der Waals surface area contributed by atoms with E-state index in [-0.39, 0.29) is 10.4 Å². The van der Waals surface area contributed by atoms with Gasteiger partial charge in [0.05, 0.1) is 11.7 Å². The van der Waals surface area contributed by atoms with E-state index in [0.29, 0.717) is 22.3 Å². The first-order valence-electron chi connectivity index (χ1n) is 6.91. The van der Waals surface area contributed by atoms with Crippen molar-refractivity contribution in [2.75, 3.05) is 6.54 Å². The quantitative estimate of drug-likeness (QED) is 0.654. The third-order valence-electron chi connectivity index (χ3n) is 3.27. The first kappa shape index (κ1) is 16.9. The fourth-order valence-electron chi connectivity index (χ4n) is 1.99. The van der Waals surface area contributed by atoms with Crippen molar-refractivity contribution in [3.63, 3.8) is 0 Å². The number of rotatable bonds is 5. The predicted octanol–water partition coefficient (Wildman–Crippen LogP) is 1.15. The van der Waals surface area contributed by atoms with E-state index in [2.05, 4.69) is 16.9 Å². The topological polar surface area (TPSA) is 90.3 Å². The van der Waals surface area contributed by atoms with Gasteiger partial charge in [0.15, 0.2) is 6.10 Å². The number of thiophene rings is 1. The molecule has 2 heterocycles. The summed E-state index contributed by atoms with van der Waals surface area (Å²) in [6, 6.07) is 0. The van der Waals surface area contributed by atoms with E-state index >= 15 is 0 Å². The van der Waals surface area contributed by atoms with E-state index < -0.39 is 18.0 Å². The van der Waals surface area contributed by atoms with Crippen LogP contribution in [0.1, 0.15) is 22.2 Å². The molecule has 2 rings (SSSR count). The average Bonchev–Trinajstić information content (AvgIpc) is 2.86. The number of ether oxygens (including phenoxy) is 1. The molecule has 7 nitrogen and oxygen atoms in total. The number of nitrogens with zero attached hydrogens (tertiary/aromatic N) is 2. The average molecular weight is 335 g/mol. The molecule has 2 aromatic rings. The minimum Gasteiger partial charge on any atom is -0.448 e. The summed E-state index contributed by atoms with van der Waals surface area (Å²) < 4.78 is 6.51. The number of nitrogens with one attached hydrogen (secondary N) is 1. The Morgan fingerprint density at radius 2 is 2.26 bits per heavy atom. The highest BCUT2D eigenvalue weighted by atomic mass is 32.1. The van der Waals surface area contributed by atoms with Crippen LogP contribution >= 0.6 is 11.3 Å². The maximum Gasteiger partial charge on any atom is 0.349 e. The Balaban J connectivity index is 2.27. The largest absolute Gasteiger partial charge is 0.448 e. The van der Waals surface area contributed by atoms with Gasteiger partial charge in [0.1, 0.15) is 9.71 Å². The first-order chi connectivity index (χ1) is 10.9. The Bertz CT molecular complexity index is 837. The van der Waals surface area contributed by atoms with Crippen molar-refractivity contribution < 1.29 is 14.3 Å². The summed E-state index contributed by atoms with van der Waals surface area (Å²) in [4.78, 5) is 41.0. The molecule has 1 unspecified atom stereocenters. The monoisotopic (exact) mass is 335 g/mol. The molecule has 0 aromatic carbocycles. The van der Waals surface area contributed by atoms with Crippen LogP contribution in [0.4, 0.5) is 0 Å². The first-order valence-corrected chi connectivity index (χ1v) is 7.72. The fraction of sp³-hybridized carbons (Fsp3) is 0.333. The van der Waals surface area contributed by atoms with Crippen LogP contribution in [0.15, 0.2) is 23.8 Å². The highest BCUT2D eigenvalue weighted by Gasteiger charge is 2.24. The molecule has 0 saturated heterocycles. The molecule has 1 N–H and O–H groups in total. The lowest BCUT2D eigenvalue weighted by molar-refractivity contribution is -0.128. The van der Waals surface area contributed by atoms with Gasteiger partial charge in [0.2, 0.25) is 0 Å². The normalized spacial score (nSPS) is 12.0. The Kier molecular flexibility index (Phi) is 4.95. The van der Waals surface area contributed by atoms with E-state index in [1.165, 1.54) is 23.9 Å². The van der Waals surface area contributed by atoms with Crippen LogP contribution in [0.25, 0.3) is 10.2 Å². The smallest absolute Gasteiger partial charge is 0.349 e. The minimum absolute atomic E-state index is 0.223. The summed E-state index contributed by atoms with van der Waals surface area (Å²) >= 11 is 1.08. The van der Waals surface area contributed by atoms with E-state index in [0.717, 1.165) is 11.3 Å². The van der Waals surface area contributed by atoms with Crippen LogP contribution in [-0.4, -0.2) is 34.1 Å².